The van der Waals surface area contributed by atoms with Gasteiger partial charge in [-0.25, -0.2) is 30.0 Å². The summed E-state index contributed by atoms with van der Waals surface area (Å²) in [6.45, 7) is 5.94. The number of aromatic carboxylic acids is 2. The quantitative estimate of drug-likeness (QED) is 0.359. The summed E-state index contributed by atoms with van der Waals surface area (Å²) in [4.78, 5) is 37.9. The molecule has 0 aliphatic rings. The van der Waals surface area contributed by atoms with Gasteiger partial charge in [0.2, 0.25) is 12.2 Å². The van der Waals surface area contributed by atoms with Gasteiger partial charge in [-0.3, -0.25) is 0 Å². The van der Waals surface area contributed by atoms with E-state index in [1.54, 1.807) is 0 Å². The summed E-state index contributed by atoms with van der Waals surface area (Å²) in [5.41, 5.74) is 0.335. The molecule has 0 aliphatic carbocycles. The minimum Gasteiger partial charge on any atom is -0.478 e. The highest BCUT2D eigenvalue weighted by molar-refractivity contribution is 5.96. The van der Waals surface area contributed by atoms with E-state index in [1.807, 2.05) is 0 Å². The van der Waals surface area contributed by atoms with Crippen molar-refractivity contribution in [3.8, 4) is 0 Å². The molecular formula is C17H24N2O6. The number of hydrogen-bond acceptors (Lipinski definition) is 6. The summed E-state index contributed by atoms with van der Waals surface area (Å²) in [5.74, 6) is -2.22. The van der Waals surface area contributed by atoms with Gasteiger partial charge >= 0.3 is 11.9 Å². The van der Waals surface area contributed by atoms with Gasteiger partial charge in [-0.1, -0.05) is 45.6 Å². The average molecular weight is 352 g/mol. The molecule has 0 radical (unpaired) electrons. The number of hydrogen-bond donors (Lipinski definition) is 4. The molecule has 1 rings (SSSR count). The van der Waals surface area contributed by atoms with E-state index in [4.69, 9.17) is 30.6 Å². The maximum atomic E-state index is 10.6. The fourth-order valence-electron chi connectivity index (χ4n) is 1.60. The van der Waals surface area contributed by atoms with Gasteiger partial charge in [0.1, 0.15) is 0 Å². The zero-order valence-corrected chi connectivity index (χ0v) is 14.6. The first-order valence-corrected chi connectivity index (χ1v) is 7.42. The van der Waals surface area contributed by atoms with Crippen molar-refractivity contribution in [2.45, 2.75) is 46.5 Å². The van der Waals surface area contributed by atoms with Crippen LogP contribution < -0.4 is 0 Å². The van der Waals surface area contributed by atoms with E-state index < -0.39 is 11.9 Å². The summed E-state index contributed by atoms with van der Waals surface area (Å²) in [7, 11) is 0. The predicted molar refractivity (Wildman–Crippen MR) is 91.7 cm³/mol. The number of nitrogens with one attached hydrogen (secondary N) is 2. The molecule has 0 bridgehead atoms. The highest BCUT2D eigenvalue weighted by Gasteiger charge is 2.13. The summed E-state index contributed by atoms with van der Waals surface area (Å²) >= 11 is 0. The van der Waals surface area contributed by atoms with Crippen molar-refractivity contribution >= 4 is 24.1 Å². The molecule has 0 fully saturated rings. The molecule has 1 aromatic rings. The van der Waals surface area contributed by atoms with Gasteiger partial charge in [0.25, 0.3) is 0 Å². The molecule has 0 aromatic heterocycles. The van der Waals surface area contributed by atoms with Crippen LogP contribution in [0.5, 0.6) is 0 Å². The normalized spacial score (nSPS) is 7.80. The molecule has 138 valence electrons. The van der Waals surface area contributed by atoms with Crippen LogP contribution in [0.1, 0.15) is 65.8 Å². The van der Waals surface area contributed by atoms with Gasteiger partial charge in [-0.2, -0.15) is 0 Å². The molecule has 0 spiro atoms. The van der Waals surface area contributed by atoms with Gasteiger partial charge in [0, 0.05) is 0 Å². The summed E-state index contributed by atoms with van der Waals surface area (Å²) in [5, 5.41) is 28.2. The monoisotopic (exact) mass is 352 g/mol. The molecule has 0 saturated heterocycles. The van der Waals surface area contributed by atoms with Crippen LogP contribution in [0.3, 0.4) is 0 Å². The van der Waals surface area contributed by atoms with Crippen molar-refractivity contribution in [3.05, 3.63) is 34.9 Å². The number of benzene rings is 1. The van der Waals surface area contributed by atoms with Gasteiger partial charge < -0.3 is 10.2 Å². The molecule has 0 unspecified atom stereocenters. The molecule has 0 atom stereocenters. The molecule has 4 N–H and O–H groups in total. The lowest BCUT2D eigenvalue weighted by Crippen LogP contribution is -2.06. The van der Waals surface area contributed by atoms with Crippen LogP contribution in [0.4, 0.5) is 0 Å². The maximum Gasteiger partial charge on any atom is 0.335 e. The number of unbranched alkanes of at least 4 members (excludes halogenated alkanes) is 3. The zero-order chi connectivity index (χ0) is 20.3. The van der Waals surface area contributed by atoms with Crippen molar-refractivity contribution in [2.75, 3.05) is 0 Å². The fourth-order valence-corrected chi connectivity index (χ4v) is 1.60. The number of carboxylic acids is 2. The second-order valence-electron chi connectivity index (χ2n) is 4.50. The highest BCUT2D eigenvalue weighted by atomic mass is 16.4. The van der Waals surface area contributed by atoms with Gasteiger partial charge in [-0.05, 0) is 24.6 Å². The van der Waals surface area contributed by atoms with Crippen LogP contribution >= 0.6 is 0 Å². The third kappa shape index (κ3) is 15.6. The molecule has 0 heterocycles. The fraction of sp³-hybridized carbons (Fsp3) is 0.412. The standard InChI is InChI=1S/C9H8O4.C6H14.2CHNO/c1-5-6(8(10)11)3-2-4-7(5)9(12)13;1-3-5-6-4-2;2*2-1-3/h2-4H,1H3,(H,10,11)(H,12,13);3-6H2,1-2H3;2*2H. The molecule has 8 heteroatoms. The average Bonchev–Trinajstić information content (AvgIpc) is 2.54. The van der Waals surface area contributed by atoms with Crippen molar-refractivity contribution in [1.29, 1.82) is 10.8 Å². The Morgan fingerprint density at radius 2 is 1.20 bits per heavy atom. The minimum atomic E-state index is -1.11. The Labute approximate surface area is 146 Å². The Morgan fingerprint density at radius 3 is 1.40 bits per heavy atom. The van der Waals surface area contributed by atoms with E-state index in [0.717, 1.165) is 12.2 Å². The molecule has 25 heavy (non-hydrogen) atoms. The molecule has 8 nitrogen and oxygen atoms in total. The smallest absolute Gasteiger partial charge is 0.335 e. The Kier molecular flexibility index (Phi) is 20.3. The van der Waals surface area contributed by atoms with Crippen LogP contribution in [0.25, 0.3) is 0 Å². The summed E-state index contributed by atoms with van der Waals surface area (Å²) < 4.78 is 0. The number of carbonyl (C=O) groups is 2. The third-order valence-electron chi connectivity index (χ3n) is 2.75. The van der Waals surface area contributed by atoms with Gasteiger partial charge in [0.05, 0.1) is 11.1 Å². The van der Waals surface area contributed by atoms with Crippen molar-refractivity contribution in [3.63, 3.8) is 0 Å². The van der Waals surface area contributed by atoms with E-state index in [0.29, 0.717) is 0 Å². The van der Waals surface area contributed by atoms with Crippen molar-refractivity contribution in [1.82, 2.24) is 0 Å². The third-order valence-corrected chi connectivity index (χ3v) is 2.75. The zero-order valence-electron chi connectivity index (χ0n) is 14.6. The SMILES string of the molecule is CCCCCC.Cc1c(C(=O)O)cccc1C(=O)O.N=C=O.N=C=O. The minimum absolute atomic E-state index is 0.0277. The van der Waals surface area contributed by atoms with E-state index in [9.17, 15) is 9.59 Å². The molecule has 0 saturated carbocycles. The molecule has 1 aromatic carbocycles. The lowest BCUT2D eigenvalue weighted by Gasteiger charge is -2.03. The van der Waals surface area contributed by atoms with Crippen LogP contribution in [-0.2, 0) is 9.59 Å². The summed E-state index contributed by atoms with van der Waals surface area (Å²) in [6.07, 6.45) is 7.04. The highest BCUT2D eigenvalue weighted by Crippen LogP contribution is 2.13. The summed E-state index contributed by atoms with van der Waals surface area (Å²) in [6, 6.07) is 4.17. The van der Waals surface area contributed by atoms with Crippen LogP contribution in [-0.4, -0.2) is 34.3 Å². The Morgan fingerprint density at radius 1 is 0.920 bits per heavy atom. The first-order chi connectivity index (χ1) is 11.8. The lowest BCUT2D eigenvalue weighted by molar-refractivity contribution is 0.0696. The van der Waals surface area contributed by atoms with Gasteiger partial charge in [-0.15, -0.1) is 0 Å². The number of isocyanates is 2. The largest absolute Gasteiger partial charge is 0.478 e. The van der Waals surface area contributed by atoms with E-state index >= 15 is 0 Å². The predicted octanol–water partition coefficient (Wildman–Crippen LogP) is 3.78. The maximum absolute atomic E-state index is 10.6. The van der Waals surface area contributed by atoms with Gasteiger partial charge in [0.15, 0.2) is 0 Å². The Balaban J connectivity index is -0.000000336. The molecule has 0 amide bonds. The first-order valence-electron chi connectivity index (χ1n) is 7.42. The number of rotatable bonds is 5. The van der Waals surface area contributed by atoms with E-state index in [1.165, 1.54) is 50.8 Å². The topological polar surface area (TPSA) is 156 Å². The van der Waals surface area contributed by atoms with Crippen LogP contribution in [0, 0.1) is 17.7 Å². The lowest BCUT2D eigenvalue weighted by atomic mass is 10.0. The second-order valence-corrected chi connectivity index (χ2v) is 4.50. The van der Waals surface area contributed by atoms with Crippen LogP contribution in [0.2, 0.25) is 0 Å². The van der Waals surface area contributed by atoms with Crippen molar-refractivity contribution < 1.29 is 29.4 Å². The van der Waals surface area contributed by atoms with Crippen LogP contribution in [0.15, 0.2) is 18.2 Å². The number of carboxylic acid groups (broad SMARTS) is 2. The molecule has 0 aliphatic heterocycles. The second kappa shape index (κ2) is 19.0. The van der Waals surface area contributed by atoms with Crippen molar-refractivity contribution in [2.24, 2.45) is 0 Å². The number of carbonyl (C=O) groups excluding carboxylic acids is 2. The Bertz CT molecular complexity index is 539. The molecular weight excluding hydrogens is 328 g/mol. The Hall–Kier alpha value is -3.08. The van der Waals surface area contributed by atoms with E-state index in [2.05, 4.69) is 13.8 Å². The first kappa shape index (κ1) is 26.8. The van der Waals surface area contributed by atoms with E-state index in [-0.39, 0.29) is 16.7 Å².